The number of aromatic nitrogens is 1. The number of nitrogens with one attached hydrogen (secondary N) is 1. The van der Waals surface area contributed by atoms with E-state index in [0.717, 1.165) is 24.2 Å². The van der Waals surface area contributed by atoms with E-state index in [4.69, 9.17) is 4.74 Å². The standard InChI is InChI=1S/C17H19N3O3S/c1-11(21)18-17-19-15(10-24-17)16(22)20(13-5-6-13)9-12-3-7-14(23-2)8-4-12/h3-4,7-8,10,13H,5-6,9H2,1-2H3,(H,18,19,21). The van der Waals surface area contributed by atoms with Crippen molar-refractivity contribution in [2.24, 2.45) is 0 Å². The van der Waals surface area contributed by atoms with Gasteiger partial charge in [-0.3, -0.25) is 9.59 Å². The lowest BCUT2D eigenvalue weighted by Gasteiger charge is -2.21. The van der Waals surface area contributed by atoms with Gasteiger partial charge in [0, 0.05) is 24.9 Å². The number of methoxy groups -OCH3 is 1. The van der Waals surface area contributed by atoms with E-state index in [-0.39, 0.29) is 17.9 Å². The van der Waals surface area contributed by atoms with Crippen molar-refractivity contribution in [2.75, 3.05) is 12.4 Å². The first kappa shape index (κ1) is 16.4. The normalized spacial score (nSPS) is 13.4. The van der Waals surface area contributed by atoms with Gasteiger partial charge < -0.3 is 15.0 Å². The SMILES string of the molecule is COc1ccc(CN(C(=O)c2csc(NC(C)=O)n2)C2CC2)cc1. The predicted octanol–water partition coefficient (Wildman–Crippen LogP) is 2.91. The van der Waals surface area contributed by atoms with Crippen molar-refractivity contribution < 1.29 is 14.3 Å². The van der Waals surface area contributed by atoms with E-state index in [2.05, 4.69) is 10.3 Å². The summed E-state index contributed by atoms with van der Waals surface area (Å²) in [6.45, 7) is 1.96. The summed E-state index contributed by atoms with van der Waals surface area (Å²) in [5, 5.41) is 4.75. The van der Waals surface area contributed by atoms with Gasteiger partial charge in [0.25, 0.3) is 5.91 Å². The molecule has 0 saturated heterocycles. The maximum atomic E-state index is 12.8. The molecular formula is C17H19N3O3S. The van der Waals surface area contributed by atoms with Crippen molar-refractivity contribution in [3.05, 3.63) is 40.9 Å². The van der Waals surface area contributed by atoms with Gasteiger partial charge in [-0.2, -0.15) is 0 Å². The van der Waals surface area contributed by atoms with Crippen molar-refractivity contribution in [3.8, 4) is 5.75 Å². The minimum atomic E-state index is -0.194. The number of carbonyl (C=O) groups is 2. The molecule has 2 amide bonds. The fourth-order valence-corrected chi connectivity index (χ4v) is 3.14. The minimum absolute atomic E-state index is 0.0961. The van der Waals surface area contributed by atoms with Gasteiger partial charge in [-0.25, -0.2) is 4.98 Å². The third kappa shape index (κ3) is 3.91. The second-order valence-corrected chi connectivity index (χ2v) is 6.59. The van der Waals surface area contributed by atoms with Crippen LogP contribution in [0.4, 0.5) is 5.13 Å². The number of carbonyl (C=O) groups excluding carboxylic acids is 2. The first-order valence-corrected chi connectivity index (χ1v) is 8.62. The fourth-order valence-electron chi connectivity index (χ4n) is 2.41. The van der Waals surface area contributed by atoms with Crippen LogP contribution in [0, 0.1) is 0 Å². The first-order valence-electron chi connectivity index (χ1n) is 7.74. The van der Waals surface area contributed by atoms with Crippen molar-refractivity contribution in [2.45, 2.75) is 32.4 Å². The lowest BCUT2D eigenvalue weighted by atomic mass is 10.2. The molecule has 1 saturated carbocycles. The molecule has 1 aliphatic carbocycles. The van der Waals surface area contributed by atoms with E-state index in [9.17, 15) is 9.59 Å². The molecule has 0 radical (unpaired) electrons. The average Bonchev–Trinajstić information content (AvgIpc) is 3.31. The Kier molecular flexibility index (Phi) is 4.80. The number of anilines is 1. The molecule has 1 aromatic carbocycles. The van der Waals surface area contributed by atoms with Crippen molar-refractivity contribution >= 4 is 28.3 Å². The Morgan fingerprint density at radius 1 is 1.33 bits per heavy atom. The summed E-state index contributed by atoms with van der Waals surface area (Å²) in [5.74, 6) is 0.504. The molecule has 2 aromatic rings. The molecule has 7 heteroatoms. The Labute approximate surface area is 144 Å². The fraction of sp³-hybridized carbons (Fsp3) is 0.353. The van der Waals surface area contributed by atoms with E-state index < -0.39 is 0 Å². The number of amides is 2. The Balaban J connectivity index is 1.73. The van der Waals surface area contributed by atoms with Crippen molar-refractivity contribution in [1.29, 1.82) is 0 Å². The predicted molar refractivity (Wildman–Crippen MR) is 92.3 cm³/mol. The van der Waals surface area contributed by atoms with E-state index in [0.29, 0.717) is 17.4 Å². The highest BCUT2D eigenvalue weighted by Gasteiger charge is 2.34. The van der Waals surface area contributed by atoms with E-state index in [1.54, 1.807) is 12.5 Å². The van der Waals surface area contributed by atoms with E-state index >= 15 is 0 Å². The third-order valence-electron chi connectivity index (χ3n) is 3.77. The highest BCUT2D eigenvalue weighted by atomic mass is 32.1. The van der Waals surface area contributed by atoms with Gasteiger partial charge in [-0.05, 0) is 30.5 Å². The number of thiazole rings is 1. The molecular weight excluding hydrogens is 326 g/mol. The molecule has 1 heterocycles. The number of ether oxygens (including phenoxy) is 1. The molecule has 24 heavy (non-hydrogen) atoms. The van der Waals surface area contributed by atoms with Crippen LogP contribution in [0.2, 0.25) is 0 Å². The molecule has 0 atom stereocenters. The van der Waals surface area contributed by atoms with Gasteiger partial charge in [0.05, 0.1) is 7.11 Å². The molecule has 0 unspecified atom stereocenters. The second-order valence-electron chi connectivity index (χ2n) is 5.73. The maximum absolute atomic E-state index is 12.8. The summed E-state index contributed by atoms with van der Waals surface area (Å²) in [4.78, 5) is 30.0. The number of benzene rings is 1. The topological polar surface area (TPSA) is 71.5 Å². The number of rotatable bonds is 6. The highest BCUT2D eigenvalue weighted by Crippen LogP contribution is 2.30. The van der Waals surface area contributed by atoms with Crippen LogP contribution in [0.5, 0.6) is 5.75 Å². The molecule has 0 spiro atoms. The Morgan fingerprint density at radius 2 is 2.04 bits per heavy atom. The van der Waals surface area contributed by atoms with Crippen LogP contribution in [0.25, 0.3) is 0 Å². The Bertz CT molecular complexity index is 738. The van der Waals surface area contributed by atoms with Gasteiger partial charge in [0.1, 0.15) is 11.4 Å². The van der Waals surface area contributed by atoms with E-state index in [1.165, 1.54) is 18.3 Å². The molecule has 126 valence electrons. The number of hydrogen-bond acceptors (Lipinski definition) is 5. The van der Waals surface area contributed by atoms with Crippen LogP contribution in [0.15, 0.2) is 29.6 Å². The van der Waals surface area contributed by atoms with Gasteiger partial charge in [-0.15, -0.1) is 11.3 Å². The van der Waals surface area contributed by atoms with Crippen molar-refractivity contribution in [3.63, 3.8) is 0 Å². The smallest absolute Gasteiger partial charge is 0.273 e. The van der Waals surface area contributed by atoms with Crippen LogP contribution < -0.4 is 10.1 Å². The van der Waals surface area contributed by atoms with Crippen LogP contribution in [-0.2, 0) is 11.3 Å². The first-order chi connectivity index (χ1) is 11.6. The molecule has 0 aliphatic heterocycles. The quantitative estimate of drug-likeness (QED) is 0.874. The van der Waals surface area contributed by atoms with Gasteiger partial charge in [0.15, 0.2) is 5.13 Å². The number of nitrogens with zero attached hydrogens (tertiary/aromatic N) is 2. The monoisotopic (exact) mass is 345 g/mol. The maximum Gasteiger partial charge on any atom is 0.273 e. The minimum Gasteiger partial charge on any atom is -0.497 e. The summed E-state index contributed by atoms with van der Waals surface area (Å²) in [6.07, 6.45) is 2.04. The molecule has 0 bridgehead atoms. The molecule has 1 N–H and O–H groups in total. The van der Waals surface area contributed by atoms with Gasteiger partial charge >= 0.3 is 0 Å². The molecule has 1 aromatic heterocycles. The van der Waals surface area contributed by atoms with Crippen LogP contribution in [0.3, 0.4) is 0 Å². The third-order valence-corrected chi connectivity index (χ3v) is 4.52. The largest absolute Gasteiger partial charge is 0.497 e. The van der Waals surface area contributed by atoms with Crippen molar-refractivity contribution in [1.82, 2.24) is 9.88 Å². The zero-order valence-electron chi connectivity index (χ0n) is 13.6. The summed E-state index contributed by atoms with van der Waals surface area (Å²) in [7, 11) is 1.63. The molecule has 3 rings (SSSR count). The van der Waals surface area contributed by atoms with Crippen LogP contribution in [0.1, 0.15) is 35.8 Å². The summed E-state index contributed by atoms with van der Waals surface area (Å²) in [5.41, 5.74) is 1.43. The summed E-state index contributed by atoms with van der Waals surface area (Å²) < 4.78 is 5.16. The van der Waals surface area contributed by atoms with Crippen LogP contribution in [-0.4, -0.2) is 34.8 Å². The Morgan fingerprint density at radius 3 is 2.62 bits per heavy atom. The average molecular weight is 345 g/mol. The van der Waals surface area contributed by atoms with Crippen LogP contribution >= 0.6 is 11.3 Å². The second kappa shape index (κ2) is 7.00. The zero-order chi connectivity index (χ0) is 17.1. The Hall–Kier alpha value is -2.41. The lowest BCUT2D eigenvalue weighted by Crippen LogP contribution is -2.32. The van der Waals surface area contributed by atoms with Gasteiger partial charge in [-0.1, -0.05) is 12.1 Å². The molecule has 1 aliphatic rings. The van der Waals surface area contributed by atoms with E-state index in [1.807, 2.05) is 29.2 Å². The zero-order valence-corrected chi connectivity index (χ0v) is 14.4. The van der Waals surface area contributed by atoms with Gasteiger partial charge in [0.2, 0.25) is 5.91 Å². The number of hydrogen-bond donors (Lipinski definition) is 1. The summed E-state index contributed by atoms with van der Waals surface area (Å²) >= 11 is 1.26. The molecule has 6 nitrogen and oxygen atoms in total. The highest BCUT2D eigenvalue weighted by molar-refractivity contribution is 7.14. The lowest BCUT2D eigenvalue weighted by molar-refractivity contribution is -0.114. The molecule has 1 fully saturated rings. The summed E-state index contributed by atoms with van der Waals surface area (Å²) in [6, 6.07) is 7.98.